The Labute approximate surface area is 154 Å². The molecule has 7 heteroatoms. The molecule has 2 aliphatic rings. The summed E-state index contributed by atoms with van der Waals surface area (Å²) < 4.78 is 11.6. The van der Waals surface area contributed by atoms with Crippen LogP contribution in [0.5, 0.6) is 11.5 Å². The van der Waals surface area contributed by atoms with Crippen LogP contribution in [-0.2, 0) is 6.54 Å². The third kappa shape index (κ3) is 4.32. The summed E-state index contributed by atoms with van der Waals surface area (Å²) in [5, 5.41) is 3.39. The monoisotopic (exact) mass is 362 g/mol. The van der Waals surface area contributed by atoms with Gasteiger partial charge in [-0.05, 0) is 25.0 Å². The largest absolute Gasteiger partial charge is 0.486 e. The van der Waals surface area contributed by atoms with Crippen molar-refractivity contribution in [2.45, 2.75) is 25.5 Å². The molecular formula is C18H23ClN4O2. The van der Waals surface area contributed by atoms with Gasteiger partial charge in [-0.1, -0.05) is 12.1 Å². The molecule has 1 fully saturated rings. The van der Waals surface area contributed by atoms with Crippen LogP contribution in [-0.4, -0.2) is 42.3 Å². The number of hydrogen-bond donors (Lipinski definition) is 1. The lowest BCUT2D eigenvalue weighted by molar-refractivity contribution is 0.0902. The van der Waals surface area contributed by atoms with Crippen LogP contribution in [0.2, 0.25) is 0 Å². The number of nitrogens with zero attached hydrogens (tertiary/aromatic N) is 3. The second-order valence-corrected chi connectivity index (χ2v) is 6.21. The molecule has 1 aromatic heterocycles. The van der Waals surface area contributed by atoms with Crippen LogP contribution in [0, 0.1) is 0 Å². The van der Waals surface area contributed by atoms with Gasteiger partial charge in [0.1, 0.15) is 12.7 Å². The molecule has 0 amide bonds. The summed E-state index contributed by atoms with van der Waals surface area (Å²) >= 11 is 0. The Morgan fingerprint density at radius 3 is 2.56 bits per heavy atom. The van der Waals surface area contributed by atoms with E-state index in [9.17, 15) is 0 Å². The van der Waals surface area contributed by atoms with E-state index >= 15 is 0 Å². The molecule has 0 saturated carbocycles. The number of hydrogen-bond acceptors (Lipinski definition) is 6. The molecule has 1 atom stereocenters. The van der Waals surface area contributed by atoms with Crippen LogP contribution in [0.4, 0.5) is 5.95 Å². The number of halogens is 1. The number of aromatic nitrogens is 2. The number of benzene rings is 1. The van der Waals surface area contributed by atoms with E-state index in [1.807, 2.05) is 36.7 Å². The summed E-state index contributed by atoms with van der Waals surface area (Å²) in [4.78, 5) is 11.2. The summed E-state index contributed by atoms with van der Waals surface area (Å²) in [7, 11) is 0. The second-order valence-electron chi connectivity index (χ2n) is 6.21. The van der Waals surface area contributed by atoms with Crippen LogP contribution in [0.15, 0.2) is 36.7 Å². The first-order valence-corrected chi connectivity index (χ1v) is 8.53. The first kappa shape index (κ1) is 17.8. The molecular weight excluding hydrogens is 340 g/mol. The van der Waals surface area contributed by atoms with Crippen molar-refractivity contribution in [2.24, 2.45) is 0 Å². The van der Waals surface area contributed by atoms with Crippen molar-refractivity contribution in [3.63, 3.8) is 0 Å². The third-order valence-electron chi connectivity index (χ3n) is 4.35. The molecule has 0 radical (unpaired) electrons. The summed E-state index contributed by atoms with van der Waals surface area (Å²) in [5.41, 5.74) is 1.08. The highest BCUT2D eigenvalue weighted by Crippen LogP contribution is 2.30. The number of nitrogens with one attached hydrogen (secondary N) is 1. The normalized spacial score (nSPS) is 18.7. The van der Waals surface area contributed by atoms with Crippen molar-refractivity contribution in [1.29, 1.82) is 0 Å². The molecule has 3 heterocycles. The van der Waals surface area contributed by atoms with Crippen LogP contribution in [0.3, 0.4) is 0 Å². The van der Waals surface area contributed by atoms with Gasteiger partial charge in [0.05, 0.1) is 0 Å². The number of rotatable bonds is 5. The highest BCUT2D eigenvalue weighted by atomic mass is 35.5. The summed E-state index contributed by atoms with van der Waals surface area (Å²) in [5.74, 6) is 2.48. The van der Waals surface area contributed by atoms with E-state index in [1.54, 1.807) is 0 Å². The fourth-order valence-electron chi connectivity index (χ4n) is 3.06. The Bertz CT molecular complexity index is 677. The van der Waals surface area contributed by atoms with Gasteiger partial charge in [0.25, 0.3) is 0 Å². The number of anilines is 1. The topological polar surface area (TPSA) is 59.5 Å². The van der Waals surface area contributed by atoms with Crippen molar-refractivity contribution in [3.05, 3.63) is 42.2 Å². The van der Waals surface area contributed by atoms with Crippen molar-refractivity contribution in [3.8, 4) is 11.5 Å². The van der Waals surface area contributed by atoms with Crippen LogP contribution in [0.25, 0.3) is 0 Å². The maximum atomic E-state index is 5.93. The highest BCUT2D eigenvalue weighted by Gasteiger charge is 2.20. The van der Waals surface area contributed by atoms with Gasteiger partial charge in [-0.15, -0.1) is 12.4 Å². The first-order valence-electron chi connectivity index (χ1n) is 8.53. The molecule has 1 aromatic carbocycles. The lowest BCUT2D eigenvalue weighted by atomic mass is 10.2. The smallest absolute Gasteiger partial charge is 0.225 e. The minimum absolute atomic E-state index is 0. The maximum absolute atomic E-state index is 5.93. The molecule has 0 spiro atoms. The molecule has 2 aromatic rings. The summed E-state index contributed by atoms with van der Waals surface area (Å²) in [6.07, 6.45) is 6.30. The lowest BCUT2D eigenvalue weighted by Crippen LogP contribution is -2.38. The van der Waals surface area contributed by atoms with Crippen LogP contribution >= 0.6 is 12.4 Å². The van der Waals surface area contributed by atoms with Gasteiger partial charge in [-0.2, -0.15) is 0 Å². The second kappa shape index (κ2) is 8.36. The molecule has 25 heavy (non-hydrogen) atoms. The molecule has 134 valence electrons. The Morgan fingerprint density at radius 2 is 1.80 bits per heavy atom. The van der Waals surface area contributed by atoms with Crippen LogP contribution < -0.4 is 19.7 Å². The Morgan fingerprint density at radius 1 is 1.08 bits per heavy atom. The fraction of sp³-hybridized carbons (Fsp3) is 0.444. The van der Waals surface area contributed by atoms with E-state index in [2.05, 4.69) is 20.2 Å². The maximum Gasteiger partial charge on any atom is 0.225 e. The average Bonchev–Trinajstić information content (AvgIpc) is 3.17. The molecule has 2 aliphatic heterocycles. The molecule has 1 N–H and O–H groups in total. The van der Waals surface area contributed by atoms with Gasteiger partial charge < -0.3 is 19.7 Å². The van der Waals surface area contributed by atoms with Crippen molar-refractivity contribution >= 4 is 18.4 Å². The van der Waals surface area contributed by atoms with E-state index in [4.69, 9.17) is 9.47 Å². The fourth-order valence-corrected chi connectivity index (χ4v) is 3.06. The van der Waals surface area contributed by atoms with Gasteiger partial charge >= 0.3 is 0 Å². The Kier molecular flexibility index (Phi) is 5.94. The predicted octanol–water partition coefficient (Wildman–Crippen LogP) is 2.43. The van der Waals surface area contributed by atoms with Gasteiger partial charge in [-0.25, -0.2) is 9.97 Å². The minimum Gasteiger partial charge on any atom is -0.486 e. The molecule has 0 bridgehead atoms. The zero-order valence-electron chi connectivity index (χ0n) is 14.1. The van der Waals surface area contributed by atoms with E-state index in [1.165, 1.54) is 12.8 Å². The number of para-hydroxylation sites is 2. The van der Waals surface area contributed by atoms with E-state index in [0.717, 1.165) is 49.2 Å². The predicted molar refractivity (Wildman–Crippen MR) is 98.8 cm³/mol. The third-order valence-corrected chi connectivity index (χ3v) is 4.35. The number of fused-ring (bicyclic) bond motifs is 1. The van der Waals surface area contributed by atoms with Crippen molar-refractivity contribution in [2.75, 3.05) is 31.1 Å². The average molecular weight is 363 g/mol. The molecule has 1 unspecified atom stereocenters. The zero-order valence-corrected chi connectivity index (χ0v) is 14.9. The summed E-state index contributed by atoms with van der Waals surface area (Å²) in [6.45, 7) is 4.15. The minimum atomic E-state index is 0. The lowest BCUT2D eigenvalue weighted by Gasteiger charge is -2.26. The quantitative estimate of drug-likeness (QED) is 0.881. The zero-order chi connectivity index (χ0) is 16.2. The Balaban J connectivity index is 0.00000182. The number of ether oxygens (including phenoxy) is 2. The van der Waals surface area contributed by atoms with Gasteiger partial charge in [-0.3, -0.25) is 0 Å². The van der Waals surface area contributed by atoms with E-state index in [-0.39, 0.29) is 18.5 Å². The first-order chi connectivity index (χ1) is 11.9. The SMILES string of the molecule is Cl.c1ccc2c(c1)OCC(CNCc1cnc(N3CCCC3)nc1)O2. The summed E-state index contributed by atoms with van der Waals surface area (Å²) in [6, 6.07) is 7.77. The standard InChI is InChI=1S/C18H22N4O2.ClH/c1-2-6-17-16(5-1)23-13-15(24-17)12-19-9-14-10-20-18(21-11-14)22-7-3-4-8-22;/h1-2,5-6,10-11,15,19H,3-4,7-9,12-13H2;1H. The van der Waals surface area contributed by atoms with Gasteiger partial charge in [0, 0.05) is 44.1 Å². The molecule has 6 nitrogen and oxygen atoms in total. The van der Waals surface area contributed by atoms with Gasteiger partial charge in [0.2, 0.25) is 5.95 Å². The van der Waals surface area contributed by atoms with Crippen molar-refractivity contribution < 1.29 is 9.47 Å². The van der Waals surface area contributed by atoms with E-state index < -0.39 is 0 Å². The Hall–Kier alpha value is -2.05. The molecule has 4 rings (SSSR count). The highest BCUT2D eigenvalue weighted by molar-refractivity contribution is 5.85. The van der Waals surface area contributed by atoms with Crippen molar-refractivity contribution in [1.82, 2.24) is 15.3 Å². The van der Waals surface area contributed by atoms with Crippen LogP contribution in [0.1, 0.15) is 18.4 Å². The molecule has 1 saturated heterocycles. The molecule has 0 aliphatic carbocycles. The van der Waals surface area contributed by atoms with Gasteiger partial charge in [0.15, 0.2) is 11.5 Å². The van der Waals surface area contributed by atoms with E-state index in [0.29, 0.717) is 6.61 Å².